The average molecular weight is 176 g/mol. The van der Waals surface area contributed by atoms with Gasteiger partial charge < -0.3 is 5.11 Å². The SMILES string of the molecule is CC(=O)CCSCCCCO. The van der Waals surface area contributed by atoms with Gasteiger partial charge in [0, 0.05) is 18.8 Å². The Morgan fingerprint density at radius 3 is 2.64 bits per heavy atom. The van der Waals surface area contributed by atoms with Gasteiger partial charge in [-0.2, -0.15) is 11.8 Å². The molecule has 2 nitrogen and oxygen atoms in total. The summed E-state index contributed by atoms with van der Waals surface area (Å²) in [6.07, 6.45) is 2.62. The Morgan fingerprint density at radius 1 is 1.36 bits per heavy atom. The fourth-order valence-electron chi connectivity index (χ4n) is 0.634. The van der Waals surface area contributed by atoms with Crippen LogP contribution in [-0.4, -0.2) is 29.0 Å². The molecular weight excluding hydrogens is 160 g/mol. The molecule has 0 amide bonds. The summed E-state index contributed by atoms with van der Waals surface area (Å²) in [5.74, 6) is 2.26. The fraction of sp³-hybridized carbons (Fsp3) is 0.875. The van der Waals surface area contributed by atoms with Gasteiger partial charge in [-0.25, -0.2) is 0 Å². The van der Waals surface area contributed by atoms with Crippen LogP contribution < -0.4 is 0 Å². The van der Waals surface area contributed by atoms with E-state index in [4.69, 9.17) is 5.11 Å². The van der Waals surface area contributed by atoms with Crippen molar-refractivity contribution >= 4 is 17.5 Å². The molecule has 0 heterocycles. The average Bonchev–Trinajstić information content (AvgIpc) is 1.96. The number of ketones is 1. The fourth-order valence-corrected chi connectivity index (χ4v) is 1.68. The van der Waals surface area contributed by atoms with Crippen molar-refractivity contribution in [3.05, 3.63) is 0 Å². The van der Waals surface area contributed by atoms with Gasteiger partial charge in [-0.1, -0.05) is 0 Å². The number of rotatable bonds is 7. The summed E-state index contributed by atoms with van der Waals surface area (Å²) in [5.41, 5.74) is 0. The molecule has 0 aromatic heterocycles. The van der Waals surface area contributed by atoms with Crippen molar-refractivity contribution in [3.63, 3.8) is 0 Å². The first-order chi connectivity index (χ1) is 5.27. The van der Waals surface area contributed by atoms with Crippen LogP contribution in [0.2, 0.25) is 0 Å². The lowest BCUT2D eigenvalue weighted by molar-refractivity contribution is -0.116. The summed E-state index contributed by atoms with van der Waals surface area (Å²) in [5, 5.41) is 8.45. The molecule has 0 spiro atoms. The Labute approximate surface area is 72.4 Å². The van der Waals surface area contributed by atoms with Gasteiger partial charge in [0.05, 0.1) is 0 Å². The predicted octanol–water partition coefficient (Wildman–Crippen LogP) is 1.47. The Kier molecular flexibility index (Phi) is 8.07. The molecule has 66 valence electrons. The van der Waals surface area contributed by atoms with E-state index >= 15 is 0 Å². The van der Waals surface area contributed by atoms with Gasteiger partial charge >= 0.3 is 0 Å². The predicted molar refractivity (Wildman–Crippen MR) is 48.9 cm³/mol. The van der Waals surface area contributed by atoms with Gasteiger partial charge in [-0.3, -0.25) is 4.79 Å². The van der Waals surface area contributed by atoms with E-state index in [1.54, 1.807) is 18.7 Å². The van der Waals surface area contributed by atoms with E-state index < -0.39 is 0 Å². The first-order valence-electron chi connectivity index (χ1n) is 3.95. The summed E-state index contributed by atoms with van der Waals surface area (Å²) >= 11 is 1.79. The monoisotopic (exact) mass is 176 g/mol. The van der Waals surface area contributed by atoms with Crippen LogP contribution in [0.1, 0.15) is 26.2 Å². The molecule has 3 heteroatoms. The third kappa shape index (κ3) is 9.98. The molecule has 0 aliphatic heterocycles. The quantitative estimate of drug-likeness (QED) is 0.597. The van der Waals surface area contributed by atoms with Crippen LogP contribution in [0.15, 0.2) is 0 Å². The van der Waals surface area contributed by atoms with Crippen LogP contribution in [-0.2, 0) is 4.79 Å². The van der Waals surface area contributed by atoms with E-state index in [-0.39, 0.29) is 12.4 Å². The number of carbonyl (C=O) groups excluding carboxylic acids is 1. The molecule has 0 aromatic carbocycles. The van der Waals surface area contributed by atoms with Crippen molar-refractivity contribution in [2.45, 2.75) is 26.2 Å². The molecule has 0 unspecified atom stereocenters. The molecule has 0 aliphatic carbocycles. The van der Waals surface area contributed by atoms with Crippen molar-refractivity contribution in [2.24, 2.45) is 0 Å². The molecule has 0 radical (unpaired) electrons. The van der Waals surface area contributed by atoms with Gasteiger partial charge in [0.1, 0.15) is 5.78 Å². The second-order valence-electron chi connectivity index (χ2n) is 2.50. The molecule has 0 aliphatic rings. The molecule has 1 N–H and O–H groups in total. The van der Waals surface area contributed by atoms with Crippen LogP contribution in [0.5, 0.6) is 0 Å². The maximum atomic E-state index is 10.5. The number of aliphatic hydroxyl groups is 1. The van der Waals surface area contributed by atoms with Crippen LogP contribution in [0, 0.1) is 0 Å². The Hall–Kier alpha value is -0.0200. The standard InChI is InChI=1S/C8H16O2S/c1-8(10)4-7-11-6-3-2-5-9/h9H,2-7H2,1H3. The van der Waals surface area contributed by atoms with Gasteiger partial charge in [0.25, 0.3) is 0 Å². The third-order valence-electron chi connectivity index (χ3n) is 1.30. The summed E-state index contributed by atoms with van der Waals surface area (Å²) in [4.78, 5) is 10.5. The number of hydrogen-bond donors (Lipinski definition) is 1. The summed E-state index contributed by atoms with van der Waals surface area (Å²) in [6, 6.07) is 0. The highest BCUT2D eigenvalue weighted by Crippen LogP contribution is 2.05. The van der Waals surface area contributed by atoms with E-state index in [0.29, 0.717) is 6.42 Å². The van der Waals surface area contributed by atoms with E-state index in [0.717, 1.165) is 24.3 Å². The lowest BCUT2D eigenvalue weighted by atomic mass is 10.4. The maximum Gasteiger partial charge on any atom is 0.130 e. The lowest BCUT2D eigenvalue weighted by Crippen LogP contribution is -1.93. The van der Waals surface area contributed by atoms with E-state index in [9.17, 15) is 4.79 Å². The summed E-state index contributed by atoms with van der Waals surface area (Å²) in [6.45, 7) is 1.90. The first kappa shape index (κ1) is 11.0. The van der Waals surface area contributed by atoms with Crippen molar-refractivity contribution in [1.82, 2.24) is 0 Å². The minimum atomic E-state index is 0.264. The van der Waals surface area contributed by atoms with Crippen molar-refractivity contribution in [1.29, 1.82) is 0 Å². The maximum absolute atomic E-state index is 10.5. The van der Waals surface area contributed by atoms with Gasteiger partial charge in [-0.15, -0.1) is 0 Å². The molecule has 0 saturated heterocycles. The molecule has 11 heavy (non-hydrogen) atoms. The van der Waals surface area contributed by atoms with E-state index in [2.05, 4.69) is 0 Å². The van der Waals surface area contributed by atoms with Gasteiger partial charge in [0.2, 0.25) is 0 Å². The van der Waals surface area contributed by atoms with Crippen LogP contribution in [0.4, 0.5) is 0 Å². The highest BCUT2D eigenvalue weighted by molar-refractivity contribution is 7.99. The number of Topliss-reactive ketones (excluding diaryl/α,β-unsaturated/α-hetero) is 1. The second kappa shape index (κ2) is 8.08. The molecule has 0 saturated carbocycles. The van der Waals surface area contributed by atoms with Crippen molar-refractivity contribution < 1.29 is 9.90 Å². The zero-order valence-electron chi connectivity index (χ0n) is 7.01. The Morgan fingerprint density at radius 2 is 2.09 bits per heavy atom. The number of aliphatic hydroxyl groups excluding tert-OH is 1. The normalized spacial score (nSPS) is 10.0. The van der Waals surface area contributed by atoms with Gasteiger partial charge in [-0.05, 0) is 25.5 Å². The highest BCUT2D eigenvalue weighted by atomic mass is 32.2. The minimum Gasteiger partial charge on any atom is -0.396 e. The number of unbranched alkanes of at least 4 members (excludes halogenated alkanes) is 1. The Balaban J connectivity index is 2.85. The topological polar surface area (TPSA) is 37.3 Å². The number of hydrogen-bond acceptors (Lipinski definition) is 3. The zero-order valence-corrected chi connectivity index (χ0v) is 7.82. The van der Waals surface area contributed by atoms with Crippen LogP contribution >= 0.6 is 11.8 Å². The lowest BCUT2D eigenvalue weighted by Gasteiger charge is -1.97. The number of thioether (sulfide) groups is 1. The summed E-state index contributed by atoms with van der Waals surface area (Å²) < 4.78 is 0. The number of carbonyl (C=O) groups is 1. The van der Waals surface area contributed by atoms with Crippen molar-refractivity contribution in [3.8, 4) is 0 Å². The molecule has 0 atom stereocenters. The minimum absolute atomic E-state index is 0.264. The second-order valence-corrected chi connectivity index (χ2v) is 3.72. The Bertz CT molecular complexity index is 104. The van der Waals surface area contributed by atoms with Crippen molar-refractivity contribution in [2.75, 3.05) is 18.1 Å². The van der Waals surface area contributed by atoms with E-state index in [1.165, 1.54) is 0 Å². The first-order valence-corrected chi connectivity index (χ1v) is 5.11. The van der Waals surface area contributed by atoms with Crippen LogP contribution in [0.25, 0.3) is 0 Å². The van der Waals surface area contributed by atoms with E-state index in [1.807, 2.05) is 0 Å². The highest BCUT2D eigenvalue weighted by Gasteiger charge is 1.93. The smallest absolute Gasteiger partial charge is 0.130 e. The molecule has 0 aromatic rings. The van der Waals surface area contributed by atoms with Gasteiger partial charge in [0.15, 0.2) is 0 Å². The largest absolute Gasteiger partial charge is 0.396 e. The molecule has 0 bridgehead atoms. The molecule has 0 rings (SSSR count). The summed E-state index contributed by atoms with van der Waals surface area (Å²) in [7, 11) is 0. The van der Waals surface area contributed by atoms with Crippen LogP contribution in [0.3, 0.4) is 0 Å². The zero-order chi connectivity index (χ0) is 8.53. The third-order valence-corrected chi connectivity index (χ3v) is 2.37. The molecular formula is C8H16O2S. The molecule has 0 fully saturated rings.